The zero-order valence-corrected chi connectivity index (χ0v) is 14.3. The van der Waals surface area contributed by atoms with Gasteiger partial charge in [-0.05, 0) is 31.2 Å². The first-order chi connectivity index (χ1) is 10.2. The number of nitrogens with one attached hydrogen (secondary N) is 1. The summed E-state index contributed by atoms with van der Waals surface area (Å²) in [5.41, 5.74) is 0. The van der Waals surface area contributed by atoms with Crippen LogP contribution in [0.4, 0.5) is 0 Å². The molecule has 0 aromatic heterocycles. The van der Waals surface area contributed by atoms with Gasteiger partial charge in [-0.1, -0.05) is 28.9 Å². The van der Waals surface area contributed by atoms with E-state index in [4.69, 9.17) is 14.2 Å². The molecule has 0 aliphatic heterocycles. The molecule has 5 heteroatoms. The maximum Gasteiger partial charge on any atom is 0.128 e. The Morgan fingerprint density at radius 3 is 2.90 bits per heavy atom. The molecule has 1 N–H and O–H groups in total. The average molecular weight is 358 g/mol. The predicted octanol–water partition coefficient (Wildman–Crippen LogP) is 3.00. The van der Waals surface area contributed by atoms with Crippen molar-refractivity contribution in [3.63, 3.8) is 0 Å². The van der Waals surface area contributed by atoms with Crippen molar-refractivity contribution in [1.82, 2.24) is 5.32 Å². The Kier molecular flexibility index (Phi) is 6.96. The summed E-state index contributed by atoms with van der Waals surface area (Å²) >= 11 is 3.46. The van der Waals surface area contributed by atoms with Crippen LogP contribution >= 0.6 is 15.9 Å². The number of hydrogen-bond acceptors (Lipinski definition) is 4. The van der Waals surface area contributed by atoms with Crippen molar-refractivity contribution in [1.29, 1.82) is 0 Å². The van der Waals surface area contributed by atoms with Gasteiger partial charge in [0.25, 0.3) is 0 Å². The Labute approximate surface area is 135 Å². The zero-order valence-electron chi connectivity index (χ0n) is 12.7. The minimum Gasteiger partial charge on any atom is -0.488 e. The molecule has 1 aliphatic rings. The number of ether oxygens (including phenoxy) is 3. The SMILES string of the molecule is CCCNC1CC(Oc2cccc(Br)c2)C1OCCOC. The zero-order chi connectivity index (χ0) is 15.1. The molecule has 0 radical (unpaired) electrons. The molecular formula is C16H24BrNO3. The van der Waals surface area contributed by atoms with Crippen LogP contribution in [0.15, 0.2) is 28.7 Å². The summed E-state index contributed by atoms with van der Waals surface area (Å²) in [5, 5.41) is 3.52. The number of rotatable bonds is 9. The van der Waals surface area contributed by atoms with E-state index in [0.717, 1.165) is 29.6 Å². The molecular weight excluding hydrogens is 334 g/mol. The van der Waals surface area contributed by atoms with Gasteiger partial charge < -0.3 is 19.5 Å². The Morgan fingerprint density at radius 2 is 2.19 bits per heavy atom. The molecule has 2 rings (SSSR count). The maximum absolute atomic E-state index is 6.05. The van der Waals surface area contributed by atoms with E-state index in [9.17, 15) is 0 Å². The second-order valence-electron chi connectivity index (χ2n) is 5.24. The average Bonchev–Trinajstić information content (AvgIpc) is 2.46. The van der Waals surface area contributed by atoms with Gasteiger partial charge in [-0.15, -0.1) is 0 Å². The third kappa shape index (κ3) is 4.95. The summed E-state index contributed by atoms with van der Waals surface area (Å²) in [5.74, 6) is 0.878. The monoisotopic (exact) mass is 357 g/mol. The topological polar surface area (TPSA) is 39.7 Å². The normalized spacial score (nSPS) is 24.6. The summed E-state index contributed by atoms with van der Waals surface area (Å²) in [7, 11) is 1.69. The Balaban J connectivity index is 1.88. The molecule has 118 valence electrons. The van der Waals surface area contributed by atoms with Crippen LogP contribution < -0.4 is 10.1 Å². The van der Waals surface area contributed by atoms with E-state index in [1.54, 1.807) is 7.11 Å². The lowest BCUT2D eigenvalue weighted by Crippen LogP contribution is -2.61. The Hall–Kier alpha value is -0.620. The lowest BCUT2D eigenvalue weighted by Gasteiger charge is -2.44. The van der Waals surface area contributed by atoms with Crippen molar-refractivity contribution in [2.24, 2.45) is 0 Å². The Bertz CT molecular complexity index is 430. The molecule has 0 amide bonds. The van der Waals surface area contributed by atoms with E-state index < -0.39 is 0 Å². The highest BCUT2D eigenvalue weighted by molar-refractivity contribution is 9.10. The Morgan fingerprint density at radius 1 is 1.33 bits per heavy atom. The fourth-order valence-electron chi connectivity index (χ4n) is 2.43. The molecule has 1 fully saturated rings. The molecule has 4 nitrogen and oxygen atoms in total. The molecule has 0 heterocycles. The van der Waals surface area contributed by atoms with Crippen LogP contribution in [0.1, 0.15) is 19.8 Å². The molecule has 3 atom stereocenters. The summed E-state index contributed by atoms with van der Waals surface area (Å²) in [6.45, 7) is 4.39. The summed E-state index contributed by atoms with van der Waals surface area (Å²) in [6, 6.07) is 8.30. The molecule has 0 bridgehead atoms. The standard InChI is InChI=1S/C16H24BrNO3/c1-3-7-18-14-11-15(16(14)20-9-8-19-2)21-13-6-4-5-12(17)10-13/h4-6,10,14-16,18H,3,7-9,11H2,1-2H3. The molecule has 21 heavy (non-hydrogen) atoms. The van der Waals surface area contributed by atoms with Gasteiger partial charge in [-0.2, -0.15) is 0 Å². The first kappa shape index (κ1) is 16.7. The van der Waals surface area contributed by atoms with E-state index >= 15 is 0 Å². The summed E-state index contributed by atoms with van der Waals surface area (Å²) < 4.78 is 18.0. The molecule has 1 aliphatic carbocycles. The first-order valence-corrected chi connectivity index (χ1v) is 8.30. The van der Waals surface area contributed by atoms with Crippen molar-refractivity contribution in [3.05, 3.63) is 28.7 Å². The summed E-state index contributed by atoms with van der Waals surface area (Å²) in [6.07, 6.45) is 2.29. The van der Waals surface area contributed by atoms with Crippen molar-refractivity contribution in [2.75, 3.05) is 26.9 Å². The highest BCUT2D eigenvalue weighted by Crippen LogP contribution is 2.30. The number of benzene rings is 1. The molecule has 1 saturated carbocycles. The van der Waals surface area contributed by atoms with E-state index in [2.05, 4.69) is 28.2 Å². The predicted molar refractivity (Wildman–Crippen MR) is 86.9 cm³/mol. The van der Waals surface area contributed by atoms with E-state index in [-0.39, 0.29) is 12.2 Å². The van der Waals surface area contributed by atoms with Crippen LogP contribution in [0.3, 0.4) is 0 Å². The lowest BCUT2D eigenvalue weighted by molar-refractivity contribution is -0.115. The second kappa shape index (κ2) is 8.73. The minimum absolute atomic E-state index is 0.0886. The lowest BCUT2D eigenvalue weighted by atomic mass is 9.85. The van der Waals surface area contributed by atoms with Crippen LogP contribution in [0.5, 0.6) is 5.75 Å². The quantitative estimate of drug-likeness (QED) is 0.689. The first-order valence-electron chi connectivity index (χ1n) is 7.50. The van der Waals surface area contributed by atoms with Gasteiger partial charge >= 0.3 is 0 Å². The van der Waals surface area contributed by atoms with Gasteiger partial charge in [0.05, 0.1) is 13.2 Å². The van der Waals surface area contributed by atoms with Crippen LogP contribution in [0, 0.1) is 0 Å². The highest BCUT2D eigenvalue weighted by atomic mass is 79.9. The third-order valence-corrected chi connectivity index (χ3v) is 4.08. The highest BCUT2D eigenvalue weighted by Gasteiger charge is 2.43. The van der Waals surface area contributed by atoms with Crippen LogP contribution in [-0.2, 0) is 9.47 Å². The van der Waals surface area contributed by atoms with Gasteiger partial charge in [0.2, 0.25) is 0 Å². The van der Waals surface area contributed by atoms with Crippen LogP contribution in [-0.4, -0.2) is 45.1 Å². The minimum atomic E-state index is 0.0886. The number of methoxy groups -OCH3 is 1. The fraction of sp³-hybridized carbons (Fsp3) is 0.625. The van der Waals surface area contributed by atoms with E-state index in [1.165, 1.54) is 0 Å². The van der Waals surface area contributed by atoms with Gasteiger partial charge in [0, 0.05) is 24.0 Å². The van der Waals surface area contributed by atoms with Crippen LogP contribution in [0.2, 0.25) is 0 Å². The number of hydrogen-bond donors (Lipinski definition) is 1. The van der Waals surface area contributed by atoms with E-state index in [1.807, 2.05) is 24.3 Å². The van der Waals surface area contributed by atoms with Gasteiger partial charge in [0.1, 0.15) is 18.0 Å². The summed E-state index contributed by atoms with van der Waals surface area (Å²) in [4.78, 5) is 0. The smallest absolute Gasteiger partial charge is 0.128 e. The fourth-order valence-corrected chi connectivity index (χ4v) is 2.81. The van der Waals surface area contributed by atoms with Crippen molar-refractivity contribution < 1.29 is 14.2 Å². The van der Waals surface area contributed by atoms with Crippen molar-refractivity contribution in [3.8, 4) is 5.75 Å². The molecule has 0 saturated heterocycles. The van der Waals surface area contributed by atoms with Crippen LogP contribution in [0.25, 0.3) is 0 Å². The molecule has 1 aromatic carbocycles. The van der Waals surface area contributed by atoms with E-state index in [0.29, 0.717) is 19.3 Å². The van der Waals surface area contributed by atoms with Gasteiger partial charge in [-0.25, -0.2) is 0 Å². The third-order valence-electron chi connectivity index (χ3n) is 3.59. The van der Waals surface area contributed by atoms with Crippen molar-refractivity contribution >= 4 is 15.9 Å². The van der Waals surface area contributed by atoms with Gasteiger partial charge in [-0.3, -0.25) is 0 Å². The largest absolute Gasteiger partial charge is 0.488 e. The molecule has 1 aromatic rings. The van der Waals surface area contributed by atoms with Gasteiger partial charge in [0.15, 0.2) is 0 Å². The second-order valence-corrected chi connectivity index (χ2v) is 6.15. The molecule has 0 spiro atoms. The molecule has 3 unspecified atom stereocenters. The number of halogens is 1. The van der Waals surface area contributed by atoms with Crippen molar-refractivity contribution in [2.45, 2.75) is 38.0 Å². The maximum atomic E-state index is 6.05.